The first-order chi connectivity index (χ1) is 24.0. The zero-order chi connectivity index (χ0) is 35.2. The molecule has 2 aliphatic heterocycles. The van der Waals surface area contributed by atoms with Crippen LogP contribution >= 0.6 is 11.3 Å². The second-order valence-electron chi connectivity index (χ2n) is 13.9. The molecule has 264 valence electrons. The lowest BCUT2D eigenvalue weighted by Crippen LogP contribution is -2.58. The van der Waals surface area contributed by atoms with Gasteiger partial charge in [-0.1, -0.05) is 50.6 Å². The van der Waals surface area contributed by atoms with Gasteiger partial charge in [0.25, 0.3) is 5.91 Å². The molecule has 0 spiro atoms. The predicted molar refractivity (Wildman–Crippen MR) is 192 cm³/mol. The monoisotopic (exact) mass is 718 g/mol. The van der Waals surface area contributed by atoms with E-state index in [0.717, 1.165) is 34.9 Å². The van der Waals surface area contributed by atoms with Crippen LogP contribution in [-0.4, -0.2) is 76.5 Å². The van der Waals surface area contributed by atoms with Crippen LogP contribution in [0.2, 0.25) is 0 Å². The SMILES string of the molecule is C=C[C@@H]1C[C@]1(NC(=O)[C@@H]1C[C@@H]2CN1C(=O)[C@H]([C@@H](C)CC)Nc1nc(cs1)CC/C=C\c1ccc3ccnc(c3c1)O2)C(=O)NS(=O)(=O)C1CC1. The fourth-order valence-electron chi connectivity index (χ4n) is 6.84. The molecule has 3 amide bonds. The number of amides is 3. The number of aromatic nitrogens is 2. The lowest BCUT2D eigenvalue weighted by atomic mass is 9.97. The van der Waals surface area contributed by atoms with Gasteiger partial charge in [-0.25, -0.2) is 18.4 Å². The maximum absolute atomic E-state index is 14.6. The van der Waals surface area contributed by atoms with E-state index < -0.39 is 56.7 Å². The molecule has 3 fully saturated rings. The lowest BCUT2D eigenvalue weighted by Gasteiger charge is -2.32. The first-order valence-electron chi connectivity index (χ1n) is 17.3. The number of fused-ring (bicyclic) bond motifs is 5. The Balaban J connectivity index is 1.23. The van der Waals surface area contributed by atoms with Crippen molar-refractivity contribution in [1.82, 2.24) is 24.9 Å². The number of sulfonamides is 1. The third-order valence-corrected chi connectivity index (χ3v) is 13.0. The summed E-state index contributed by atoms with van der Waals surface area (Å²) in [7, 11) is -3.85. The van der Waals surface area contributed by atoms with Crippen molar-refractivity contribution in [2.45, 2.75) is 87.8 Å². The Morgan fingerprint density at radius 1 is 1.28 bits per heavy atom. The van der Waals surface area contributed by atoms with Gasteiger partial charge in [0.1, 0.15) is 23.7 Å². The molecule has 3 aromatic rings. The van der Waals surface area contributed by atoms with Gasteiger partial charge in [-0.15, -0.1) is 17.9 Å². The smallest absolute Gasteiger partial charge is 0.259 e. The highest BCUT2D eigenvalue weighted by Crippen LogP contribution is 2.45. The van der Waals surface area contributed by atoms with Gasteiger partial charge in [0.15, 0.2) is 5.13 Å². The minimum atomic E-state index is -3.85. The van der Waals surface area contributed by atoms with E-state index >= 15 is 0 Å². The third-order valence-electron chi connectivity index (χ3n) is 10.3. The van der Waals surface area contributed by atoms with Gasteiger partial charge in [-0.2, -0.15) is 0 Å². The standard InChI is InChI=1S/C36H42N6O6S2/c1-4-21(3)30-33(44)42-19-26(17-29(42)31(43)40-36(18-24(36)5-2)34(45)41-50(46,47)27-12-13-27)48-32-28-16-22(10-11-23(28)14-15-37-32)8-6-7-9-25-20-49-35(38-25)39-30/h5-6,8,10-11,14-16,20-21,24,26-27,29-30H,2,4,7,9,12-13,17-19H2,1,3H3,(H,38,39)(H,40,43)(H,41,45)/b8-6-/t21-,24+,26+,29-,30-,36+/m0/s1. The summed E-state index contributed by atoms with van der Waals surface area (Å²) in [5.41, 5.74) is 0.430. The van der Waals surface area contributed by atoms with Gasteiger partial charge >= 0.3 is 0 Å². The zero-order valence-electron chi connectivity index (χ0n) is 28.1. The summed E-state index contributed by atoms with van der Waals surface area (Å²) >= 11 is 1.44. The van der Waals surface area contributed by atoms with Crippen molar-refractivity contribution in [1.29, 1.82) is 0 Å². The van der Waals surface area contributed by atoms with Gasteiger partial charge in [0, 0.05) is 29.3 Å². The quantitative estimate of drug-likeness (QED) is 0.290. The molecule has 14 heteroatoms. The maximum Gasteiger partial charge on any atom is 0.259 e. The Morgan fingerprint density at radius 3 is 2.84 bits per heavy atom. The van der Waals surface area contributed by atoms with E-state index in [1.165, 1.54) is 16.2 Å². The number of benzene rings is 1. The number of thiazole rings is 1. The van der Waals surface area contributed by atoms with Crippen LogP contribution in [0, 0.1) is 11.8 Å². The van der Waals surface area contributed by atoms with Crippen molar-refractivity contribution in [2.24, 2.45) is 11.8 Å². The van der Waals surface area contributed by atoms with Gasteiger partial charge in [-0.3, -0.25) is 19.1 Å². The minimum Gasteiger partial charge on any atom is -0.472 e. The molecule has 4 heterocycles. The molecule has 1 aromatic carbocycles. The van der Waals surface area contributed by atoms with E-state index in [-0.39, 0.29) is 31.2 Å². The summed E-state index contributed by atoms with van der Waals surface area (Å²) in [5, 5.41) is 10.0. The van der Waals surface area contributed by atoms with Crippen molar-refractivity contribution in [2.75, 3.05) is 11.9 Å². The number of rotatable bonds is 8. The van der Waals surface area contributed by atoms with E-state index in [0.29, 0.717) is 30.3 Å². The van der Waals surface area contributed by atoms with E-state index in [1.807, 2.05) is 43.5 Å². The highest BCUT2D eigenvalue weighted by molar-refractivity contribution is 7.91. The van der Waals surface area contributed by atoms with Crippen LogP contribution in [0.15, 0.2) is 54.6 Å². The Labute approximate surface area is 295 Å². The number of nitrogens with zero attached hydrogens (tertiary/aromatic N) is 3. The predicted octanol–water partition coefficient (Wildman–Crippen LogP) is 4.20. The normalized spacial score (nSPS) is 27.7. The summed E-state index contributed by atoms with van der Waals surface area (Å²) in [5.74, 6) is -1.80. The summed E-state index contributed by atoms with van der Waals surface area (Å²) in [6, 6.07) is 6.28. The van der Waals surface area contributed by atoms with Crippen LogP contribution in [0.25, 0.3) is 16.8 Å². The van der Waals surface area contributed by atoms with Gasteiger partial charge in [-0.05, 0) is 61.1 Å². The highest BCUT2D eigenvalue weighted by atomic mass is 32.2. The van der Waals surface area contributed by atoms with Crippen molar-refractivity contribution >= 4 is 61.1 Å². The Hall–Kier alpha value is -4.30. The molecule has 2 aromatic heterocycles. The molecule has 6 bridgehead atoms. The minimum absolute atomic E-state index is 0.104. The fourth-order valence-corrected chi connectivity index (χ4v) is 8.99. The summed E-state index contributed by atoms with van der Waals surface area (Å²) in [6.45, 7) is 7.89. The van der Waals surface area contributed by atoms with Crippen molar-refractivity contribution in [3.05, 3.63) is 65.8 Å². The summed E-state index contributed by atoms with van der Waals surface area (Å²) in [4.78, 5) is 53.2. The number of ether oxygens (including phenoxy) is 1. The first kappa shape index (κ1) is 34.2. The zero-order valence-corrected chi connectivity index (χ0v) is 29.8. The van der Waals surface area contributed by atoms with Crippen LogP contribution in [0.1, 0.15) is 63.6 Å². The number of nitrogens with one attached hydrogen (secondary N) is 3. The van der Waals surface area contributed by atoms with Gasteiger partial charge in [0.05, 0.1) is 17.5 Å². The molecule has 0 unspecified atom stereocenters. The number of pyridine rings is 1. The number of aryl methyl sites for hydroxylation is 1. The molecule has 1 saturated heterocycles. The van der Waals surface area contributed by atoms with Crippen LogP contribution in [0.5, 0.6) is 5.88 Å². The molecule has 50 heavy (non-hydrogen) atoms. The van der Waals surface area contributed by atoms with E-state index in [2.05, 4.69) is 39.1 Å². The number of hydrogen-bond acceptors (Lipinski definition) is 10. The van der Waals surface area contributed by atoms with Crippen LogP contribution < -0.4 is 20.1 Å². The molecule has 2 aliphatic carbocycles. The van der Waals surface area contributed by atoms with Crippen molar-refractivity contribution in [3.8, 4) is 5.88 Å². The Kier molecular flexibility index (Phi) is 9.18. The largest absolute Gasteiger partial charge is 0.472 e. The van der Waals surface area contributed by atoms with E-state index in [4.69, 9.17) is 9.72 Å². The van der Waals surface area contributed by atoms with Crippen LogP contribution in [0.4, 0.5) is 5.13 Å². The van der Waals surface area contributed by atoms with Crippen LogP contribution in [0.3, 0.4) is 0 Å². The third kappa shape index (κ3) is 6.74. The highest BCUT2D eigenvalue weighted by Gasteiger charge is 2.62. The molecule has 3 N–H and O–H groups in total. The number of allylic oxidation sites excluding steroid dienone is 1. The second-order valence-corrected chi connectivity index (χ2v) is 16.7. The molecular weight excluding hydrogens is 677 g/mol. The number of carbonyl (C=O) groups is 3. The number of carbonyl (C=O) groups excluding carboxylic acids is 3. The molecule has 12 nitrogen and oxygen atoms in total. The van der Waals surface area contributed by atoms with Gasteiger partial charge < -0.3 is 20.3 Å². The molecule has 6 atom stereocenters. The van der Waals surface area contributed by atoms with Gasteiger partial charge in [0.2, 0.25) is 27.7 Å². The Bertz CT molecular complexity index is 1980. The summed E-state index contributed by atoms with van der Waals surface area (Å²) < 4.78 is 34.1. The van der Waals surface area contributed by atoms with E-state index in [1.54, 1.807) is 12.3 Å². The fraction of sp³-hybridized carbons (Fsp3) is 0.472. The molecular formula is C36H42N6O6S2. The van der Waals surface area contributed by atoms with Crippen LogP contribution in [-0.2, 0) is 30.8 Å². The average Bonchev–Trinajstić information content (AvgIpc) is 4.00. The molecule has 2 saturated carbocycles. The molecule has 7 rings (SSSR count). The number of hydrogen-bond donors (Lipinski definition) is 3. The lowest BCUT2D eigenvalue weighted by molar-refractivity contribution is -0.141. The summed E-state index contributed by atoms with van der Waals surface area (Å²) in [6.07, 6.45) is 10.3. The van der Waals surface area contributed by atoms with Crippen molar-refractivity contribution < 1.29 is 27.5 Å². The Morgan fingerprint density at radius 2 is 2.10 bits per heavy atom. The van der Waals surface area contributed by atoms with E-state index in [9.17, 15) is 22.8 Å². The first-order valence-corrected chi connectivity index (χ1v) is 19.7. The average molecular weight is 719 g/mol. The molecule has 4 aliphatic rings. The second kappa shape index (κ2) is 13.4. The maximum atomic E-state index is 14.6. The topological polar surface area (TPSA) is 160 Å². The van der Waals surface area contributed by atoms with Crippen molar-refractivity contribution in [3.63, 3.8) is 0 Å². The number of anilines is 1. The molecule has 0 radical (unpaired) electrons.